The Morgan fingerprint density at radius 3 is 2.48 bits per heavy atom. The number of hydrogen-bond donors (Lipinski definition) is 2. The molecule has 0 saturated heterocycles. The molecule has 0 aliphatic carbocycles. The minimum Gasteiger partial charge on any atom is -0.351 e. The van der Waals surface area contributed by atoms with Crippen LogP contribution in [-0.4, -0.2) is 22.0 Å². The van der Waals surface area contributed by atoms with E-state index in [2.05, 4.69) is 29.4 Å². The van der Waals surface area contributed by atoms with Crippen LogP contribution < -0.4 is 5.32 Å². The number of hydrogen-bond acceptors (Lipinski definition) is 2. The average Bonchev–Trinajstić information content (AvgIpc) is 3.09. The standard InChI is InChI=1S/C20H21N3OS/c1-2-15(16-6-4-3-5-7-16)14-22-19(24)17-8-10-18(11-9-17)23-13-12-21-20(23)25/h3-13,15H,2,14H2,1H3,(H,21,25)(H,22,24). The molecule has 4 nitrogen and oxygen atoms in total. The van der Waals surface area contributed by atoms with Gasteiger partial charge >= 0.3 is 0 Å². The number of rotatable bonds is 6. The Kier molecular flexibility index (Phi) is 5.46. The van der Waals surface area contributed by atoms with Crippen molar-refractivity contribution in [1.82, 2.24) is 14.9 Å². The zero-order valence-electron chi connectivity index (χ0n) is 14.1. The van der Waals surface area contributed by atoms with E-state index in [0.29, 0.717) is 22.8 Å². The molecule has 3 rings (SSSR count). The van der Waals surface area contributed by atoms with Crippen LogP contribution in [0.25, 0.3) is 5.69 Å². The molecule has 1 aromatic heterocycles. The minimum absolute atomic E-state index is 0.0569. The van der Waals surface area contributed by atoms with Crippen LogP contribution in [0.4, 0.5) is 0 Å². The zero-order chi connectivity index (χ0) is 17.6. The van der Waals surface area contributed by atoms with Crippen LogP contribution in [-0.2, 0) is 0 Å². The van der Waals surface area contributed by atoms with E-state index in [0.717, 1.165) is 12.1 Å². The number of carbonyl (C=O) groups is 1. The second-order valence-electron chi connectivity index (χ2n) is 5.91. The largest absolute Gasteiger partial charge is 0.351 e. The molecule has 1 atom stereocenters. The van der Waals surface area contributed by atoms with Gasteiger partial charge in [-0.15, -0.1) is 0 Å². The van der Waals surface area contributed by atoms with Crippen molar-refractivity contribution in [2.24, 2.45) is 0 Å². The van der Waals surface area contributed by atoms with Gasteiger partial charge in [0.15, 0.2) is 4.77 Å². The average molecular weight is 351 g/mol. The highest BCUT2D eigenvalue weighted by atomic mass is 32.1. The maximum Gasteiger partial charge on any atom is 0.251 e. The van der Waals surface area contributed by atoms with Crippen LogP contribution in [0, 0.1) is 4.77 Å². The summed E-state index contributed by atoms with van der Waals surface area (Å²) in [6.45, 7) is 2.77. The van der Waals surface area contributed by atoms with Gasteiger partial charge in [0.25, 0.3) is 5.91 Å². The number of nitrogens with zero attached hydrogens (tertiary/aromatic N) is 1. The molecule has 0 bridgehead atoms. The van der Waals surface area contributed by atoms with Crippen molar-refractivity contribution in [2.45, 2.75) is 19.3 Å². The Bertz CT molecular complexity index is 881. The summed E-state index contributed by atoms with van der Waals surface area (Å²) in [5.74, 6) is 0.265. The van der Waals surface area contributed by atoms with Crippen LogP contribution in [0.15, 0.2) is 67.0 Å². The van der Waals surface area contributed by atoms with Gasteiger partial charge in [-0.05, 0) is 48.5 Å². The molecule has 0 aliphatic rings. The quantitative estimate of drug-likeness (QED) is 0.644. The van der Waals surface area contributed by atoms with Gasteiger partial charge in [-0.2, -0.15) is 0 Å². The van der Waals surface area contributed by atoms with E-state index < -0.39 is 0 Å². The summed E-state index contributed by atoms with van der Waals surface area (Å²) in [5.41, 5.74) is 2.83. The first-order valence-electron chi connectivity index (χ1n) is 8.38. The molecule has 2 aromatic carbocycles. The highest BCUT2D eigenvalue weighted by Crippen LogP contribution is 2.18. The Balaban J connectivity index is 1.65. The van der Waals surface area contributed by atoms with Crippen LogP contribution in [0.1, 0.15) is 35.2 Å². The molecule has 1 amide bonds. The molecule has 3 aromatic rings. The fourth-order valence-corrected chi connectivity index (χ4v) is 3.07. The van der Waals surface area contributed by atoms with Gasteiger partial charge in [0.1, 0.15) is 0 Å². The predicted molar refractivity (Wildman–Crippen MR) is 103 cm³/mol. The minimum atomic E-state index is -0.0569. The summed E-state index contributed by atoms with van der Waals surface area (Å²) >= 11 is 5.21. The third-order valence-electron chi connectivity index (χ3n) is 4.33. The zero-order valence-corrected chi connectivity index (χ0v) is 14.9. The van der Waals surface area contributed by atoms with Crippen molar-refractivity contribution in [3.8, 4) is 5.69 Å². The van der Waals surface area contributed by atoms with Gasteiger partial charge in [-0.1, -0.05) is 37.3 Å². The van der Waals surface area contributed by atoms with Crippen LogP contribution >= 0.6 is 12.2 Å². The van der Waals surface area contributed by atoms with Gasteiger partial charge in [0, 0.05) is 36.1 Å². The number of nitrogens with one attached hydrogen (secondary N) is 2. The van der Waals surface area contributed by atoms with Crippen LogP contribution in [0.3, 0.4) is 0 Å². The SMILES string of the molecule is CCC(CNC(=O)c1ccc(-n2cc[nH]c2=S)cc1)c1ccccc1. The first-order chi connectivity index (χ1) is 12.2. The van der Waals surface area contributed by atoms with Gasteiger partial charge in [0.05, 0.1) is 0 Å². The van der Waals surface area contributed by atoms with Gasteiger partial charge in [-0.3, -0.25) is 9.36 Å². The van der Waals surface area contributed by atoms with Crippen molar-refractivity contribution in [1.29, 1.82) is 0 Å². The predicted octanol–water partition coefficient (Wildman–Crippen LogP) is 4.46. The lowest BCUT2D eigenvalue weighted by Crippen LogP contribution is -2.28. The first kappa shape index (κ1) is 17.2. The fourth-order valence-electron chi connectivity index (χ4n) is 2.84. The Morgan fingerprint density at radius 1 is 1.16 bits per heavy atom. The molecule has 5 heteroatoms. The molecular weight excluding hydrogens is 330 g/mol. The monoisotopic (exact) mass is 351 g/mol. The third-order valence-corrected chi connectivity index (χ3v) is 4.64. The maximum atomic E-state index is 12.4. The van der Waals surface area contributed by atoms with Gasteiger partial charge in [-0.25, -0.2) is 0 Å². The normalized spacial score (nSPS) is 11.9. The summed E-state index contributed by atoms with van der Waals surface area (Å²) in [7, 11) is 0. The lowest BCUT2D eigenvalue weighted by atomic mass is 9.96. The smallest absolute Gasteiger partial charge is 0.251 e. The fraction of sp³-hybridized carbons (Fsp3) is 0.200. The van der Waals surface area contributed by atoms with Crippen molar-refractivity contribution in [3.63, 3.8) is 0 Å². The Labute approximate surface area is 152 Å². The molecule has 0 spiro atoms. The lowest BCUT2D eigenvalue weighted by molar-refractivity contribution is 0.0951. The van der Waals surface area contributed by atoms with E-state index in [4.69, 9.17) is 12.2 Å². The number of benzene rings is 2. The van der Waals surface area contributed by atoms with E-state index >= 15 is 0 Å². The van der Waals surface area contributed by atoms with E-state index in [1.807, 2.05) is 53.2 Å². The lowest BCUT2D eigenvalue weighted by Gasteiger charge is -2.16. The van der Waals surface area contributed by atoms with E-state index in [9.17, 15) is 4.79 Å². The summed E-state index contributed by atoms with van der Waals surface area (Å²) in [4.78, 5) is 15.4. The molecule has 0 saturated carbocycles. The second kappa shape index (κ2) is 7.94. The van der Waals surface area contributed by atoms with E-state index in [1.54, 1.807) is 6.20 Å². The third kappa shape index (κ3) is 4.06. The molecule has 128 valence electrons. The number of imidazole rings is 1. The van der Waals surface area contributed by atoms with Crippen LogP contribution in [0.5, 0.6) is 0 Å². The highest BCUT2D eigenvalue weighted by Gasteiger charge is 2.12. The number of aromatic nitrogens is 2. The van der Waals surface area contributed by atoms with E-state index in [-0.39, 0.29) is 5.91 Å². The topological polar surface area (TPSA) is 49.8 Å². The molecule has 0 aliphatic heterocycles. The first-order valence-corrected chi connectivity index (χ1v) is 8.79. The molecule has 0 fully saturated rings. The second-order valence-corrected chi connectivity index (χ2v) is 6.29. The molecule has 1 unspecified atom stereocenters. The van der Waals surface area contributed by atoms with Crippen molar-refractivity contribution in [3.05, 3.63) is 82.9 Å². The van der Waals surface area contributed by atoms with E-state index in [1.165, 1.54) is 5.56 Å². The number of H-pyrrole nitrogens is 1. The summed E-state index contributed by atoms with van der Waals surface area (Å²) in [6, 6.07) is 17.7. The van der Waals surface area contributed by atoms with Gasteiger partial charge in [0.2, 0.25) is 0 Å². The number of aromatic amines is 1. The van der Waals surface area contributed by atoms with Gasteiger partial charge < -0.3 is 10.3 Å². The van der Waals surface area contributed by atoms with Crippen molar-refractivity contribution in [2.75, 3.05) is 6.54 Å². The van der Waals surface area contributed by atoms with Crippen molar-refractivity contribution >= 4 is 18.1 Å². The Hall–Kier alpha value is -2.66. The molecular formula is C20H21N3OS. The highest BCUT2D eigenvalue weighted by molar-refractivity contribution is 7.71. The molecule has 25 heavy (non-hydrogen) atoms. The summed E-state index contributed by atoms with van der Waals surface area (Å²) in [5, 5.41) is 3.04. The molecule has 2 N–H and O–H groups in total. The van der Waals surface area contributed by atoms with Crippen molar-refractivity contribution < 1.29 is 4.79 Å². The molecule has 1 heterocycles. The molecule has 0 radical (unpaired) electrons. The maximum absolute atomic E-state index is 12.4. The number of amides is 1. The summed E-state index contributed by atoms with van der Waals surface area (Å²) in [6.07, 6.45) is 4.63. The number of carbonyl (C=O) groups excluding carboxylic acids is 1. The summed E-state index contributed by atoms with van der Waals surface area (Å²) < 4.78 is 2.49. The van der Waals surface area contributed by atoms with Crippen LogP contribution in [0.2, 0.25) is 0 Å². The Morgan fingerprint density at radius 2 is 1.88 bits per heavy atom.